The van der Waals surface area contributed by atoms with E-state index in [0.29, 0.717) is 99.1 Å². The molecule has 0 aliphatic carbocycles. The molecule has 0 saturated heterocycles. The Hall–Kier alpha value is -1.10. The van der Waals surface area contributed by atoms with Crippen molar-refractivity contribution in [2.24, 2.45) is 0 Å². The van der Waals surface area contributed by atoms with Crippen LogP contribution in [0.2, 0.25) is 0 Å². The molecule has 0 aromatic heterocycles. The summed E-state index contributed by atoms with van der Waals surface area (Å²) < 4.78 is 44.2. The summed E-state index contributed by atoms with van der Waals surface area (Å²) in [6.07, 6.45) is 10.6. The maximum absolute atomic E-state index is 5.62. The van der Waals surface area contributed by atoms with Crippen LogP contribution in [0, 0.1) is 0 Å². The normalized spacial score (nSPS) is 11.4. The second kappa shape index (κ2) is 31.4. The maximum atomic E-state index is 5.62. The first-order valence-corrected chi connectivity index (χ1v) is 15.1. The van der Waals surface area contributed by atoms with Gasteiger partial charge in [-0.05, 0) is 12.0 Å². The number of rotatable bonds is 32. The van der Waals surface area contributed by atoms with Gasteiger partial charge in [-0.3, -0.25) is 0 Å². The van der Waals surface area contributed by atoms with Crippen LogP contribution in [0.4, 0.5) is 0 Å². The van der Waals surface area contributed by atoms with Crippen LogP contribution in [0.3, 0.4) is 0 Å². The number of hydrogen-bond donors (Lipinski definition) is 0. The van der Waals surface area contributed by atoms with Crippen molar-refractivity contribution in [3.8, 4) is 0 Å². The predicted molar refractivity (Wildman–Crippen MR) is 154 cm³/mol. The van der Waals surface area contributed by atoms with Crippen LogP contribution < -0.4 is 0 Å². The molecule has 1 aromatic carbocycles. The Kier molecular flexibility index (Phi) is 29.0. The van der Waals surface area contributed by atoms with E-state index in [0.717, 1.165) is 13.0 Å². The van der Waals surface area contributed by atoms with Crippen LogP contribution in [0.1, 0.15) is 63.9 Å². The summed E-state index contributed by atoms with van der Waals surface area (Å²) in [6.45, 7) is 11.6. The number of hydrogen-bond acceptors (Lipinski definition) is 8. The third-order valence-electron chi connectivity index (χ3n) is 5.86. The minimum absolute atomic E-state index is 0.542. The molecule has 0 aliphatic rings. The fourth-order valence-corrected chi connectivity index (χ4v) is 3.64. The van der Waals surface area contributed by atoms with Crippen molar-refractivity contribution in [1.82, 2.24) is 0 Å². The van der Waals surface area contributed by atoms with Crippen molar-refractivity contribution in [1.29, 1.82) is 0 Å². The highest BCUT2D eigenvalue weighted by molar-refractivity contribution is 5.13. The first-order chi connectivity index (χ1) is 19.4. The summed E-state index contributed by atoms with van der Waals surface area (Å²) in [7, 11) is 0. The average Bonchev–Trinajstić information content (AvgIpc) is 2.96. The minimum Gasteiger partial charge on any atom is -0.379 e. The van der Waals surface area contributed by atoms with Gasteiger partial charge < -0.3 is 37.9 Å². The highest BCUT2D eigenvalue weighted by Crippen LogP contribution is 2.08. The molecule has 0 fully saturated rings. The summed E-state index contributed by atoms with van der Waals surface area (Å²) in [6, 6.07) is 10.1. The molecule has 8 nitrogen and oxygen atoms in total. The standard InChI is InChI=1S/C31H56O8/c1-2-3-4-5-6-7-8-12-15-32-16-17-33-18-19-34-20-21-35-22-23-36-24-25-37-26-27-38-28-29-39-30-31-13-10-9-11-14-31/h9-11,13-14H,2-8,12,15-30H2,1H3. The molecule has 1 rings (SSSR count). The molecule has 0 amide bonds. The summed E-state index contributed by atoms with van der Waals surface area (Å²) in [5.41, 5.74) is 1.17. The molecule has 0 N–H and O–H groups in total. The first kappa shape index (κ1) is 35.9. The van der Waals surface area contributed by atoms with Crippen LogP contribution in [0.15, 0.2) is 30.3 Å². The van der Waals surface area contributed by atoms with Crippen LogP contribution in [0.25, 0.3) is 0 Å². The molecule has 0 heterocycles. The quantitative estimate of drug-likeness (QED) is 0.108. The summed E-state index contributed by atoms with van der Waals surface area (Å²) in [5, 5.41) is 0. The van der Waals surface area contributed by atoms with Gasteiger partial charge in [-0.2, -0.15) is 0 Å². The molecule has 0 radical (unpaired) electrons. The molecule has 8 heteroatoms. The highest BCUT2D eigenvalue weighted by atomic mass is 16.6. The molecular weight excluding hydrogens is 500 g/mol. The second-order valence-electron chi connectivity index (χ2n) is 9.30. The maximum Gasteiger partial charge on any atom is 0.0718 e. The van der Waals surface area contributed by atoms with E-state index in [4.69, 9.17) is 37.9 Å². The summed E-state index contributed by atoms with van der Waals surface area (Å²) in [5.74, 6) is 0. The van der Waals surface area contributed by atoms with Crippen molar-refractivity contribution in [3.63, 3.8) is 0 Å². The van der Waals surface area contributed by atoms with Gasteiger partial charge in [0.15, 0.2) is 0 Å². The topological polar surface area (TPSA) is 73.8 Å². The summed E-state index contributed by atoms with van der Waals surface area (Å²) in [4.78, 5) is 0. The van der Waals surface area contributed by atoms with Crippen LogP contribution in [-0.2, 0) is 44.5 Å². The van der Waals surface area contributed by atoms with Crippen molar-refractivity contribution in [3.05, 3.63) is 35.9 Å². The Balaban J connectivity index is 1.62. The van der Waals surface area contributed by atoms with E-state index in [1.807, 2.05) is 30.3 Å². The minimum atomic E-state index is 0.542. The van der Waals surface area contributed by atoms with E-state index in [1.165, 1.54) is 50.5 Å². The largest absolute Gasteiger partial charge is 0.379 e. The van der Waals surface area contributed by atoms with E-state index in [2.05, 4.69) is 6.92 Å². The number of ether oxygens (including phenoxy) is 8. The molecule has 0 unspecified atom stereocenters. The Morgan fingerprint density at radius 3 is 1.10 bits per heavy atom. The molecule has 0 atom stereocenters. The van der Waals surface area contributed by atoms with Crippen molar-refractivity contribution in [2.75, 3.05) is 99.1 Å². The van der Waals surface area contributed by atoms with Gasteiger partial charge >= 0.3 is 0 Å². The molecule has 228 valence electrons. The van der Waals surface area contributed by atoms with Crippen molar-refractivity contribution in [2.45, 2.75) is 64.9 Å². The molecular formula is C31H56O8. The Bertz CT molecular complexity index is 575. The van der Waals surface area contributed by atoms with Gasteiger partial charge in [-0.25, -0.2) is 0 Å². The van der Waals surface area contributed by atoms with Gasteiger partial charge in [-0.15, -0.1) is 0 Å². The van der Waals surface area contributed by atoms with Gasteiger partial charge in [0.1, 0.15) is 0 Å². The third-order valence-corrected chi connectivity index (χ3v) is 5.86. The second-order valence-corrected chi connectivity index (χ2v) is 9.30. The van der Waals surface area contributed by atoms with Gasteiger partial charge in [0, 0.05) is 6.61 Å². The lowest BCUT2D eigenvalue weighted by molar-refractivity contribution is -0.0236. The van der Waals surface area contributed by atoms with Gasteiger partial charge in [0.05, 0.1) is 99.1 Å². The zero-order chi connectivity index (χ0) is 27.7. The zero-order valence-electron chi connectivity index (χ0n) is 24.6. The third kappa shape index (κ3) is 28.2. The van der Waals surface area contributed by atoms with Crippen LogP contribution >= 0.6 is 0 Å². The first-order valence-electron chi connectivity index (χ1n) is 15.1. The smallest absolute Gasteiger partial charge is 0.0718 e. The van der Waals surface area contributed by atoms with Gasteiger partial charge in [-0.1, -0.05) is 82.2 Å². The number of unbranched alkanes of at least 4 members (excludes halogenated alkanes) is 7. The lowest BCUT2D eigenvalue weighted by Crippen LogP contribution is -2.15. The summed E-state index contributed by atoms with van der Waals surface area (Å²) >= 11 is 0. The van der Waals surface area contributed by atoms with E-state index < -0.39 is 0 Å². The average molecular weight is 557 g/mol. The monoisotopic (exact) mass is 556 g/mol. The van der Waals surface area contributed by atoms with E-state index in [1.54, 1.807) is 0 Å². The van der Waals surface area contributed by atoms with Crippen molar-refractivity contribution >= 4 is 0 Å². The lowest BCUT2D eigenvalue weighted by atomic mass is 10.1. The molecule has 39 heavy (non-hydrogen) atoms. The van der Waals surface area contributed by atoms with E-state index >= 15 is 0 Å². The van der Waals surface area contributed by atoms with Crippen LogP contribution in [0.5, 0.6) is 0 Å². The lowest BCUT2D eigenvalue weighted by Gasteiger charge is -2.09. The SMILES string of the molecule is CCCCCCCCCCOCCOCCOCCOCCOCCOCCOCCOCc1ccccc1. The predicted octanol–water partition coefficient (Wildman–Crippen LogP) is 5.46. The van der Waals surface area contributed by atoms with E-state index in [9.17, 15) is 0 Å². The van der Waals surface area contributed by atoms with E-state index in [-0.39, 0.29) is 0 Å². The molecule has 0 bridgehead atoms. The molecule has 0 saturated carbocycles. The van der Waals surface area contributed by atoms with Crippen LogP contribution in [-0.4, -0.2) is 99.1 Å². The van der Waals surface area contributed by atoms with Gasteiger partial charge in [0.25, 0.3) is 0 Å². The molecule has 1 aromatic rings. The molecule has 0 spiro atoms. The highest BCUT2D eigenvalue weighted by Gasteiger charge is 1.96. The number of benzene rings is 1. The molecule has 0 aliphatic heterocycles. The van der Waals surface area contributed by atoms with Crippen molar-refractivity contribution < 1.29 is 37.9 Å². The Labute approximate surface area is 237 Å². The van der Waals surface area contributed by atoms with Gasteiger partial charge in [0.2, 0.25) is 0 Å². The zero-order valence-corrected chi connectivity index (χ0v) is 24.6. The Morgan fingerprint density at radius 2 is 0.692 bits per heavy atom. The fourth-order valence-electron chi connectivity index (χ4n) is 3.64. The fraction of sp³-hybridized carbons (Fsp3) is 0.806. The Morgan fingerprint density at radius 1 is 0.359 bits per heavy atom.